The lowest BCUT2D eigenvalue weighted by Gasteiger charge is -2.17. The van der Waals surface area contributed by atoms with Gasteiger partial charge in [0.25, 0.3) is 0 Å². The highest BCUT2D eigenvalue weighted by molar-refractivity contribution is 5.91. The molecule has 2 unspecified atom stereocenters. The minimum Gasteiger partial charge on any atom is -0.496 e. The van der Waals surface area contributed by atoms with Crippen molar-refractivity contribution in [2.45, 2.75) is 12.2 Å². The zero-order chi connectivity index (χ0) is 14.6. The highest BCUT2D eigenvalue weighted by atomic mass is 16.5. The fourth-order valence-corrected chi connectivity index (χ4v) is 1.50. The molecule has 7 heteroatoms. The van der Waals surface area contributed by atoms with Crippen LogP contribution in [0.3, 0.4) is 0 Å². The van der Waals surface area contributed by atoms with Gasteiger partial charge in [0.1, 0.15) is 17.4 Å². The first-order chi connectivity index (χ1) is 8.92. The number of hydrogen-bond donors (Lipinski definition) is 3. The first-order valence-corrected chi connectivity index (χ1v) is 5.27. The highest BCUT2D eigenvalue weighted by Crippen LogP contribution is 2.26. The van der Waals surface area contributed by atoms with Crippen LogP contribution in [0.4, 0.5) is 0 Å². The molecule has 1 aromatic rings. The van der Waals surface area contributed by atoms with Crippen molar-refractivity contribution in [1.29, 1.82) is 0 Å². The van der Waals surface area contributed by atoms with E-state index in [1.165, 1.54) is 25.3 Å². The van der Waals surface area contributed by atoms with Crippen LogP contribution < -0.4 is 4.74 Å². The van der Waals surface area contributed by atoms with E-state index < -0.39 is 24.1 Å². The summed E-state index contributed by atoms with van der Waals surface area (Å²) in [6.07, 6.45) is -3.30. The summed E-state index contributed by atoms with van der Waals surface area (Å²) in [7, 11) is 2.35. The van der Waals surface area contributed by atoms with Gasteiger partial charge in [0.05, 0.1) is 14.2 Å². The van der Waals surface area contributed by atoms with E-state index in [1.807, 2.05) is 0 Å². The Morgan fingerprint density at radius 2 is 1.84 bits per heavy atom. The lowest BCUT2D eigenvalue weighted by atomic mass is 10.0. The number of carboxylic acid groups (broad SMARTS) is 1. The molecule has 0 spiro atoms. The Morgan fingerprint density at radius 1 is 1.21 bits per heavy atom. The number of aliphatic hydroxyl groups is 2. The number of aromatic carboxylic acids is 1. The van der Waals surface area contributed by atoms with Gasteiger partial charge in [-0.1, -0.05) is 6.07 Å². The molecule has 0 bridgehead atoms. The summed E-state index contributed by atoms with van der Waals surface area (Å²) >= 11 is 0. The minimum atomic E-state index is -1.76. The maximum Gasteiger partial charge on any atom is 0.339 e. The predicted octanol–water partition coefficient (Wildman–Crippen LogP) is -0.0393. The summed E-state index contributed by atoms with van der Waals surface area (Å²) in [5.74, 6) is -2.17. The van der Waals surface area contributed by atoms with Crippen molar-refractivity contribution in [3.63, 3.8) is 0 Å². The number of ether oxygens (including phenoxy) is 2. The maximum atomic E-state index is 11.1. The molecule has 0 fully saturated rings. The molecule has 0 saturated carbocycles. The SMILES string of the molecule is COC(=O)C(O)C(O)c1ccc(C(=O)O)c(OC)c1. The Bertz CT molecular complexity index is 483. The van der Waals surface area contributed by atoms with E-state index in [9.17, 15) is 19.8 Å². The first-order valence-electron chi connectivity index (χ1n) is 5.27. The molecule has 1 aromatic carbocycles. The van der Waals surface area contributed by atoms with Gasteiger partial charge in [-0.3, -0.25) is 0 Å². The normalized spacial score (nSPS) is 13.5. The van der Waals surface area contributed by atoms with Crippen LogP contribution in [0.2, 0.25) is 0 Å². The van der Waals surface area contributed by atoms with E-state index in [-0.39, 0.29) is 16.9 Å². The molecule has 0 aliphatic carbocycles. The molecule has 0 aliphatic heterocycles. The molecule has 0 aliphatic rings. The van der Waals surface area contributed by atoms with E-state index >= 15 is 0 Å². The molecule has 2 atom stereocenters. The fraction of sp³-hybridized carbons (Fsp3) is 0.333. The maximum absolute atomic E-state index is 11.1. The van der Waals surface area contributed by atoms with Crippen molar-refractivity contribution in [2.24, 2.45) is 0 Å². The van der Waals surface area contributed by atoms with Crippen molar-refractivity contribution in [1.82, 2.24) is 0 Å². The number of methoxy groups -OCH3 is 2. The molecule has 104 valence electrons. The van der Waals surface area contributed by atoms with E-state index in [2.05, 4.69) is 4.74 Å². The molecule has 0 amide bonds. The first kappa shape index (κ1) is 14.9. The van der Waals surface area contributed by atoms with Crippen molar-refractivity contribution < 1.29 is 34.4 Å². The van der Waals surface area contributed by atoms with Crippen LogP contribution in [-0.4, -0.2) is 47.6 Å². The van der Waals surface area contributed by atoms with Crippen LogP contribution in [0, 0.1) is 0 Å². The lowest BCUT2D eigenvalue weighted by molar-refractivity contribution is -0.156. The molecule has 1 rings (SSSR count). The lowest BCUT2D eigenvalue weighted by Crippen LogP contribution is -2.29. The van der Waals surface area contributed by atoms with Crippen LogP contribution in [0.5, 0.6) is 5.75 Å². The third kappa shape index (κ3) is 3.21. The highest BCUT2D eigenvalue weighted by Gasteiger charge is 2.27. The standard InChI is InChI=1S/C12H14O7/c1-18-8-5-6(3-4-7(8)11(15)16)9(13)10(14)12(17)19-2/h3-5,9-10,13-14H,1-2H3,(H,15,16). The predicted molar refractivity (Wildman–Crippen MR) is 62.9 cm³/mol. The molecule has 0 radical (unpaired) electrons. The van der Waals surface area contributed by atoms with Gasteiger partial charge < -0.3 is 24.8 Å². The number of carbonyl (C=O) groups excluding carboxylic acids is 1. The summed E-state index contributed by atoms with van der Waals surface area (Å²) in [5, 5.41) is 28.2. The van der Waals surface area contributed by atoms with Gasteiger partial charge in [-0.15, -0.1) is 0 Å². The van der Waals surface area contributed by atoms with Gasteiger partial charge in [-0.2, -0.15) is 0 Å². The number of rotatable bonds is 5. The van der Waals surface area contributed by atoms with E-state index in [1.54, 1.807) is 0 Å². The summed E-state index contributed by atoms with van der Waals surface area (Å²) in [6, 6.07) is 3.73. The second kappa shape index (κ2) is 6.17. The van der Waals surface area contributed by atoms with Crippen LogP contribution in [0.25, 0.3) is 0 Å². The number of benzene rings is 1. The third-order valence-corrected chi connectivity index (χ3v) is 2.54. The van der Waals surface area contributed by atoms with Crippen molar-refractivity contribution >= 4 is 11.9 Å². The van der Waals surface area contributed by atoms with Gasteiger partial charge >= 0.3 is 11.9 Å². The van der Waals surface area contributed by atoms with Gasteiger partial charge in [0.15, 0.2) is 6.10 Å². The molecule has 0 aromatic heterocycles. The zero-order valence-corrected chi connectivity index (χ0v) is 10.4. The average Bonchev–Trinajstić information content (AvgIpc) is 2.43. The summed E-state index contributed by atoms with van der Waals surface area (Å²) in [5.41, 5.74) is 0.0470. The second-order valence-electron chi connectivity index (χ2n) is 3.68. The molecule has 0 saturated heterocycles. The molecular formula is C12H14O7. The van der Waals surface area contributed by atoms with E-state index in [4.69, 9.17) is 9.84 Å². The topological polar surface area (TPSA) is 113 Å². The van der Waals surface area contributed by atoms with Gasteiger partial charge in [0, 0.05) is 0 Å². The third-order valence-electron chi connectivity index (χ3n) is 2.54. The van der Waals surface area contributed by atoms with Gasteiger partial charge in [-0.25, -0.2) is 9.59 Å². The summed E-state index contributed by atoms with van der Waals surface area (Å²) < 4.78 is 9.17. The molecular weight excluding hydrogens is 256 g/mol. The van der Waals surface area contributed by atoms with Crippen molar-refractivity contribution in [2.75, 3.05) is 14.2 Å². The molecule has 19 heavy (non-hydrogen) atoms. The quantitative estimate of drug-likeness (QED) is 0.643. The second-order valence-corrected chi connectivity index (χ2v) is 3.68. The number of esters is 1. The summed E-state index contributed by atoms with van der Waals surface area (Å²) in [6.45, 7) is 0. The molecule has 7 nitrogen and oxygen atoms in total. The van der Waals surface area contributed by atoms with E-state index in [0.717, 1.165) is 7.11 Å². The average molecular weight is 270 g/mol. The summed E-state index contributed by atoms with van der Waals surface area (Å²) in [4.78, 5) is 22.0. The van der Waals surface area contributed by atoms with E-state index in [0.29, 0.717) is 0 Å². The van der Waals surface area contributed by atoms with Gasteiger partial charge in [-0.05, 0) is 17.7 Å². The van der Waals surface area contributed by atoms with Crippen LogP contribution >= 0.6 is 0 Å². The van der Waals surface area contributed by atoms with Gasteiger partial charge in [0.2, 0.25) is 0 Å². The monoisotopic (exact) mass is 270 g/mol. The van der Waals surface area contributed by atoms with Crippen LogP contribution in [-0.2, 0) is 9.53 Å². The number of aliphatic hydroxyl groups excluding tert-OH is 2. The Morgan fingerprint density at radius 3 is 2.32 bits per heavy atom. The van der Waals surface area contributed by atoms with Crippen LogP contribution in [0.15, 0.2) is 18.2 Å². The Balaban J connectivity index is 3.08. The fourth-order valence-electron chi connectivity index (χ4n) is 1.50. The Hall–Kier alpha value is -2.12. The number of carbonyl (C=O) groups is 2. The van der Waals surface area contributed by atoms with Crippen LogP contribution in [0.1, 0.15) is 22.0 Å². The Kier molecular flexibility index (Phi) is 4.85. The minimum absolute atomic E-state index is 0.0149. The molecule has 0 heterocycles. The number of carboxylic acids is 1. The smallest absolute Gasteiger partial charge is 0.339 e. The number of hydrogen-bond acceptors (Lipinski definition) is 6. The zero-order valence-electron chi connectivity index (χ0n) is 10.4. The van der Waals surface area contributed by atoms with Crippen molar-refractivity contribution in [3.8, 4) is 5.75 Å². The Labute approximate surface area is 109 Å². The largest absolute Gasteiger partial charge is 0.496 e. The molecule has 3 N–H and O–H groups in total. The van der Waals surface area contributed by atoms with Crippen molar-refractivity contribution in [3.05, 3.63) is 29.3 Å².